The van der Waals surface area contributed by atoms with Gasteiger partial charge in [0.1, 0.15) is 6.04 Å². The lowest BCUT2D eigenvalue weighted by molar-refractivity contribution is -0.128. The first-order valence-corrected chi connectivity index (χ1v) is 6.11. The normalized spacial score (nSPS) is 14.2. The quantitative estimate of drug-likeness (QED) is 0.599. The molecule has 0 heterocycles. The van der Waals surface area contributed by atoms with E-state index in [4.69, 9.17) is 5.73 Å². The molecule has 100 valence electrons. The average Bonchev–Trinajstić information content (AvgIpc) is 2.25. The van der Waals surface area contributed by atoms with E-state index in [2.05, 4.69) is 24.5 Å². The van der Waals surface area contributed by atoms with E-state index in [9.17, 15) is 9.59 Å². The largest absolute Gasteiger partial charge is 0.357 e. The molecular formula is C12H25N3O2. The van der Waals surface area contributed by atoms with E-state index >= 15 is 0 Å². The summed E-state index contributed by atoms with van der Waals surface area (Å²) in [5.74, 6) is 0.406. The number of carbonyl (C=O) groups excluding carboxylic acids is 2. The molecule has 2 atom stereocenters. The van der Waals surface area contributed by atoms with Crippen LogP contribution in [0.3, 0.4) is 0 Å². The Morgan fingerprint density at radius 2 is 1.82 bits per heavy atom. The Morgan fingerprint density at radius 1 is 1.24 bits per heavy atom. The molecule has 0 aromatic carbocycles. The summed E-state index contributed by atoms with van der Waals surface area (Å²) in [6, 6.07) is -0.495. The monoisotopic (exact) mass is 243 g/mol. The van der Waals surface area contributed by atoms with Gasteiger partial charge in [0.15, 0.2) is 0 Å². The fourth-order valence-electron chi connectivity index (χ4n) is 1.77. The fourth-order valence-corrected chi connectivity index (χ4v) is 1.77. The molecule has 0 saturated heterocycles. The molecule has 0 aliphatic carbocycles. The van der Waals surface area contributed by atoms with Crippen LogP contribution in [0, 0.1) is 11.8 Å². The third-order valence-corrected chi connectivity index (χ3v) is 2.63. The van der Waals surface area contributed by atoms with Gasteiger partial charge in [-0.15, -0.1) is 0 Å². The summed E-state index contributed by atoms with van der Waals surface area (Å²) in [7, 11) is 1.55. The Kier molecular flexibility index (Phi) is 7.54. The van der Waals surface area contributed by atoms with E-state index in [0.29, 0.717) is 18.9 Å². The van der Waals surface area contributed by atoms with Crippen LogP contribution in [0.5, 0.6) is 0 Å². The van der Waals surface area contributed by atoms with Crippen LogP contribution in [0.15, 0.2) is 0 Å². The van der Waals surface area contributed by atoms with Crippen molar-refractivity contribution in [1.29, 1.82) is 0 Å². The van der Waals surface area contributed by atoms with Crippen molar-refractivity contribution < 1.29 is 9.59 Å². The van der Waals surface area contributed by atoms with Crippen molar-refractivity contribution >= 4 is 11.8 Å². The van der Waals surface area contributed by atoms with Gasteiger partial charge in [-0.25, -0.2) is 0 Å². The molecule has 0 aliphatic heterocycles. The van der Waals surface area contributed by atoms with Crippen molar-refractivity contribution in [2.45, 2.75) is 39.7 Å². The van der Waals surface area contributed by atoms with E-state index in [-0.39, 0.29) is 17.7 Å². The minimum atomic E-state index is -0.495. The number of carbonyl (C=O) groups is 2. The number of rotatable bonds is 7. The molecule has 0 radical (unpaired) electrons. The lowest BCUT2D eigenvalue weighted by Crippen LogP contribution is -2.44. The molecule has 2 amide bonds. The van der Waals surface area contributed by atoms with Gasteiger partial charge in [0, 0.05) is 13.5 Å². The van der Waals surface area contributed by atoms with E-state index in [1.165, 1.54) is 0 Å². The minimum Gasteiger partial charge on any atom is -0.357 e. The van der Waals surface area contributed by atoms with Crippen LogP contribution in [0.25, 0.3) is 0 Å². The molecule has 0 bridgehead atoms. The van der Waals surface area contributed by atoms with Crippen LogP contribution in [0.4, 0.5) is 0 Å². The van der Waals surface area contributed by atoms with Crippen LogP contribution in [0.2, 0.25) is 0 Å². The zero-order valence-electron chi connectivity index (χ0n) is 11.2. The van der Waals surface area contributed by atoms with Gasteiger partial charge >= 0.3 is 0 Å². The second kappa shape index (κ2) is 8.06. The van der Waals surface area contributed by atoms with Crippen molar-refractivity contribution in [3.8, 4) is 0 Å². The van der Waals surface area contributed by atoms with Crippen molar-refractivity contribution in [2.75, 3.05) is 13.6 Å². The highest BCUT2D eigenvalue weighted by atomic mass is 16.2. The van der Waals surface area contributed by atoms with E-state index in [1.54, 1.807) is 14.0 Å². The first kappa shape index (κ1) is 15.9. The Hall–Kier alpha value is -1.10. The molecule has 17 heavy (non-hydrogen) atoms. The van der Waals surface area contributed by atoms with Gasteiger partial charge in [-0.3, -0.25) is 9.59 Å². The minimum absolute atomic E-state index is 0.114. The van der Waals surface area contributed by atoms with Gasteiger partial charge in [-0.2, -0.15) is 0 Å². The zero-order valence-corrected chi connectivity index (χ0v) is 11.2. The lowest BCUT2D eigenvalue weighted by Gasteiger charge is -2.18. The summed E-state index contributed by atoms with van der Waals surface area (Å²) in [5, 5.41) is 5.15. The number of nitrogens with two attached hydrogens (primary N) is 1. The maximum Gasteiger partial charge on any atom is 0.242 e. The highest BCUT2D eigenvalue weighted by Crippen LogP contribution is 2.14. The second-order valence-corrected chi connectivity index (χ2v) is 4.84. The van der Waals surface area contributed by atoms with Crippen LogP contribution in [-0.2, 0) is 9.59 Å². The molecule has 0 fully saturated rings. The van der Waals surface area contributed by atoms with Crippen LogP contribution < -0.4 is 16.4 Å². The van der Waals surface area contributed by atoms with Crippen LogP contribution in [-0.4, -0.2) is 31.4 Å². The third kappa shape index (κ3) is 6.94. The summed E-state index contributed by atoms with van der Waals surface area (Å²) in [6.45, 7) is 6.37. The topological polar surface area (TPSA) is 84.2 Å². The van der Waals surface area contributed by atoms with Crippen molar-refractivity contribution in [1.82, 2.24) is 10.6 Å². The summed E-state index contributed by atoms with van der Waals surface area (Å²) < 4.78 is 0. The number of hydrogen-bond acceptors (Lipinski definition) is 3. The predicted octanol–water partition coefficient (Wildman–Crippen LogP) is 0.248. The molecule has 5 heteroatoms. The molecule has 5 nitrogen and oxygen atoms in total. The predicted molar refractivity (Wildman–Crippen MR) is 68.3 cm³/mol. The number of amides is 2. The second-order valence-electron chi connectivity index (χ2n) is 4.84. The van der Waals surface area contributed by atoms with Gasteiger partial charge in [0.05, 0.1) is 0 Å². The SMILES string of the molecule is CNC(=O)C(C)NC(=O)CC(CN)CC(C)C. The van der Waals surface area contributed by atoms with Gasteiger partial charge in [-0.1, -0.05) is 13.8 Å². The summed E-state index contributed by atoms with van der Waals surface area (Å²) >= 11 is 0. The highest BCUT2D eigenvalue weighted by Gasteiger charge is 2.18. The number of nitrogens with one attached hydrogen (secondary N) is 2. The Labute approximate surface area is 104 Å². The highest BCUT2D eigenvalue weighted by molar-refractivity contribution is 5.87. The maximum atomic E-state index is 11.7. The molecule has 0 aromatic heterocycles. The summed E-state index contributed by atoms with van der Waals surface area (Å²) in [4.78, 5) is 22.9. The standard InChI is InChI=1S/C12H25N3O2/c1-8(2)5-10(7-13)6-11(16)15-9(3)12(17)14-4/h8-10H,5-7,13H2,1-4H3,(H,14,17)(H,15,16). The van der Waals surface area contributed by atoms with E-state index in [0.717, 1.165) is 6.42 Å². The summed E-state index contributed by atoms with van der Waals surface area (Å²) in [5.41, 5.74) is 5.63. The Morgan fingerprint density at radius 3 is 2.24 bits per heavy atom. The maximum absolute atomic E-state index is 11.7. The number of likely N-dealkylation sites (N-methyl/N-ethyl adjacent to an activating group) is 1. The van der Waals surface area contributed by atoms with Crippen molar-refractivity contribution in [2.24, 2.45) is 17.6 Å². The van der Waals surface area contributed by atoms with Gasteiger partial charge in [0.25, 0.3) is 0 Å². The lowest BCUT2D eigenvalue weighted by atomic mass is 9.94. The molecule has 0 saturated carbocycles. The van der Waals surface area contributed by atoms with E-state index < -0.39 is 6.04 Å². The number of hydrogen-bond donors (Lipinski definition) is 3. The zero-order chi connectivity index (χ0) is 13.4. The Bertz CT molecular complexity index is 254. The van der Waals surface area contributed by atoms with Gasteiger partial charge in [0.2, 0.25) is 11.8 Å². The molecule has 0 spiro atoms. The van der Waals surface area contributed by atoms with Crippen molar-refractivity contribution in [3.63, 3.8) is 0 Å². The third-order valence-electron chi connectivity index (χ3n) is 2.63. The smallest absolute Gasteiger partial charge is 0.242 e. The van der Waals surface area contributed by atoms with Gasteiger partial charge < -0.3 is 16.4 Å². The molecule has 0 rings (SSSR count). The molecule has 0 aromatic rings. The summed E-state index contributed by atoms with van der Waals surface area (Å²) in [6.07, 6.45) is 1.31. The first-order chi connectivity index (χ1) is 7.90. The molecule has 2 unspecified atom stereocenters. The average molecular weight is 243 g/mol. The van der Waals surface area contributed by atoms with E-state index in [1.807, 2.05) is 0 Å². The van der Waals surface area contributed by atoms with Crippen molar-refractivity contribution in [3.05, 3.63) is 0 Å². The fraction of sp³-hybridized carbons (Fsp3) is 0.833. The van der Waals surface area contributed by atoms with Gasteiger partial charge in [-0.05, 0) is 31.7 Å². The van der Waals surface area contributed by atoms with Crippen LogP contribution >= 0.6 is 0 Å². The Balaban J connectivity index is 4.10. The molecule has 0 aliphatic rings. The van der Waals surface area contributed by atoms with Crippen LogP contribution in [0.1, 0.15) is 33.6 Å². The first-order valence-electron chi connectivity index (χ1n) is 6.11. The molecule has 4 N–H and O–H groups in total. The molecular weight excluding hydrogens is 218 g/mol.